The lowest BCUT2D eigenvalue weighted by Crippen LogP contribution is -2.48. The largest absolute Gasteiger partial charge is 0.341 e. The van der Waals surface area contributed by atoms with Gasteiger partial charge in [-0.05, 0) is 57.1 Å². The van der Waals surface area contributed by atoms with Gasteiger partial charge in [0, 0.05) is 18.0 Å². The number of nitrogens with one attached hydrogen (secondary N) is 1. The van der Waals surface area contributed by atoms with Gasteiger partial charge in [-0.1, -0.05) is 0 Å². The van der Waals surface area contributed by atoms with Crippen LogP contribution in [0.3, 0.4) is 0 Å². The molecule has 1 atom stereocenters. The Balaban J connectivity index is 1.59. The highest BCUT2D eigenvalue weighted by molar-refractivity contribution is 7.14. The van der Waals surface area contributed by atoms with E-state index in [2.05, 4.69) is 5.32 Å². The minimum Gasteiger partial charge on any atom is -0.341 e. The van der Waals surface area contributed by atoms with Crippen molar-refractivity contribution in [3.05, 3.63) is 21.4 Å². The van der Waals surface area contributed by atoms with Crippen molar-refractivity contribution < 1.29 is 9.59 Å². The molecule has 1 aliphatic carbocycles. The van der Waals surface area contributed by atoms with Gasteiger partial charge < -0.3 is 10.2 Å². The number of amides is 2. The molecule has 3 rings (SSSR count). The van der Waals surface area contributed by atoms with E-state index in [0.29, 0.717) is 0 Å². The zero-order valence-corrected chi connectivity index (χ0v) is 13.3. The summed E-state index contributed by atoms with van der Waals surface area (Å²) in [5.74, 6) is -0.0561. The third kappa shape index (κ3) is 3.12. The Morgan fingerprint density at radius 2 is 1.95 bits per heavy atom. The molecule has 1 saturated heterocycles. The maximum Gasteiger partial charge on any atom is 0.262 e. The smallest absolute Gasteiger partial charge is 0.262 e. The van der Waals surface area contributed by atoms with Gasteiger partial charge in [-0.3, -0.25) is 9.59 Å². The van der Waals surface area contributed by atoms with E-state index in [4.69, 9.17) is 0 Å². The average molecular weight is 306 g/mol. The van der Waals surface area contributed by atoms with E-state index in [-0.39, 0.29) is 11.8 Å². The zero-order valence-electron chi connectivity index (χ0n) is 12.5. The molecule has 0 saturated carbocycles. The number of fused-ring (bicyclic) bond motifs is 1. The summed E-state index contributed by atoms with van der Waals surface area (Å²) in [6, 6.07) is 1.56. The molecule has 2 amide bonds. The van der Waals surface area contributed by atoms with Crippen LogP contribution in [-0.2, 0) is 17.6 Å². The quantitative estimate of drug-likeness (QED) is 0.932. The Morgan fingerprint density at radius 1 is 1.19 bits per heavy atom. The van der Waals surface area contributed by atoms with Gasteiger partial charge >= 0.3 is 0 Å². The molecule has 1 aromatic rings. The molecule has 5 heteroatoms. The number of hydrogen-bond acceptors (Lipinski definition) is 3. The Kier molecular flexibility index (Phi) is 4.29. The van der Waals surface area contributed by atoms with Gasteiger partial charge in [-0.2, -0.15) is 0 Å². The van der Waals surface area contributed by atoms with Crippen molar-refractivity contribution in [1.29, 1.82) is 0 Å². The summed E-state index contributed by atoms with van der Waals surface area (Å²) in [6.45, 7) is 3.44. The maximum absolute atomic E-state index is 12.3. The van der Waals surface area contributed by atoms with Crippen LogP contribution in [0.1, 0.15) is 52.7 Å². The third-order valence-electron chi connectivity index (χ3n) is 4.36. The molecule has 0 spiro atoms. The number of carbonyl (C=O) groups excluding carboxylic acids is 2. The molecule has 2 heterocycles. The average Bonchev–Trinajstić information content (AvgIpc) is 3.08. The van der Waals surface area contributed by atoms with Crippen LogP contribution in [-0.4, -0.2) is 35.8 Å². The fourth-order valence-electron chi connectivity index (χ4n) is 3.16. The van der Waals surface area contributed by atoms with Gasteiger partial charge in [0.1, 0.15) is 6.04 Å². The molecule has 1 unspecified atom stereocenters. The standard InChI is InChI=1S/C16H22N2O2S/c1-11(16(20)18-8-3-2-4-9-18)17-15(19)14-10-12-6-5-7-13(12)21-14/h10-11H,2-9H2,1H3,(H,17,19). The first-order valence-electron chi connectivity index (χ1n) is 7.86. The number of aryl methyl sites for hydroxylation is 2. The number of thiophene rings is 1. The molecule has 4 nitrogen and oxygen atoms in total. The van der Waals surface area contributed by atoms with Crippen molar-refractivity contribution in [3.63, 3.8) is 0 Å². The van der Waals surface area contributed by atoms with Crippen LogP contribution < -0.4 is 5.32 Å². The fourth-order valence-corrected chi connectivity index (χ4v) is 4.32. The van der Waals surface area contributed by atoms with Crippen molar-refractivity contribution in [2.75, 3.05) is 13.1 Å². The summed E-state index contributed by atoms with van der Waals surface area (Å²) in [7, 11) is 0. The zero-order chi connectivity index (χ0) is 14.8. The number of rotatable bonds is 3. The summed E-state index contributed by atoms with van der Waals surface area (Å²) < 4.78 is 0. The molecule has 1 aliphatic heterocycles. The molecular weight excluding hydrogens is 284 g/mol. The lowest BCUT2D eigenvalue weighted by Gasteiger charge is -2.29. The lowest BCUT2D eigenvalue weighted by atomic mass is 10.1. The molecule has 1 N–H and O–H groups in total. The van der Waals surface area contributed by atoms with E-state index < -0.39 is 6.04 Å². The molecule has 1 aromatic heterocycles. The summed E-state index contributed by atoms with van der Waals surface area (Å²) in [5.41, 5.74) is 1.32. The molecular formula is C16H22N2O2S. The minimum absolute atomic E-state index is 0.0483. The topological polar surface area (TPSA) is 49.4 Å². The van der Waals surface area contributed by atoms with E-state index in [1.54, 1.807) is 18.3 Å². The number of likely N-dealkylation sites (tertiary alicyclic amines) is 1. The molecule has 0 radical (unpaired) electrons. The second-order valence-corrected chi connectivity index (χ2v) is 7.13. The Labute approximate surface area is 129 Å². The molecule has 2 aliphatic rings. The van der Waals surface area contributed by atoms with E-state index in [1.807, 2.05) is 11.0 Å². The van der Waals surface area contributed by atoms with Crippen molar-refractivity contribution in [3.8, 4) is 0 Å². The minimum atomic E-state index is -0.437. The van der Waals surface area contributed by atoms with E-state index in [0.717, 1.165) is 43.6 Å². The van der Waals surface area contributed by atoms with Gasteiger partial charge in [0.2, 0.25) is 5.91 Å². The SMILES string of the molecule is CC(NC(=O)c1cc2c(s1)CCC2)C(=O)N1CCCCC1. The third-order valence-corrected chi connectivity index (χ3v) is 5.59. The van der Waals surface area contributed by atoms with Crippen LogP contribution in [0, 0.1) is 0 Å². The van der Waals surface area contributed by atoms with Gasteiger partial charge in [-0.15, -0.1) is 11.3 Å². The van der Waals surface area contributed by atoms with Gasteiger partial charge in [-0.25, -0.2) is 0 Å². The van der Waals surface area contributed by atoms with Gasteiger partial charge in [0.05, 0.1) is 4.88 Å². The number of piperidine rings is 1. The second-order valence-electron chi connectivity index (χ2n) is 5.99. The predicted molar refractivity (Wildman–Crippen MR) is 83.7 cm³/mol. The highest BCUT2D eigenvalue weighted by Crippen LogP contribution is 2.30. The van der Waals surface area contributed by atoms with Crippen LogP contribution in [0.15, 0.2) is 6.07 Å². The lowest BCUT2D eigenvalue weighted by molar-refractivity contribution is -0.133. The first kappa shape index (κ1) is 14.6. The molecule has 114 valence electrons. The number of hydrogen-bond donors (Lipinski definition) is 1. The highest BCUT2D eigenvalue weighted by Gasteiger charge is 2.25. The van der Waals surface area contributed by atoms with Crippen molar-refractivity contribution >= 4 is 23.2 Å². The molecule has 0 aromatic carbocycles. The van der Waals surface area contributed by atoms with Crippen LogP contribution in [0.4, 0.5) is 0 Å². The monoisotopic (exact) mass is 306 g/mol. The van der Waals surface area contributed by atoms with Crippen molar-refractivity contribution in [2.45, 2.75) is 51.5 Å². The second kappa shape index (κ2) is 6.18. The molecule has 0 bridgehead atoms. The van der Waals surface area contributed by atoms with E-state index in [1.165, 1.54) is 23.3 Å². The maximum atomic E-state index is 12.3. The van der Waals surface area contributed by atoms with Crippen molar-refractivity contribution in [1.82, 2.24) is 10.2 Å². The first-order valence-corrected chi connectivity index (χ1v) is 8.68. The Hall–Kier alpha value is -1.36. The summed E-state index contributed by atoms with van der Waals surface area (Å²) in [4.78, 5) is 28.6. The number of nitrogens with zero attached hydrogens (tertiary/aromatic N) is 1. The van der Waals surface area contributed by atoms with E-state index in [9.17, 15) is 9.59 Å². The highest BCUT2D eigenvalue weighted by atomic mass is 32.1. The Bertz CT molecular complexity index is 525. The predicted octanol–water partition coefficient (Wildman–Crippen LogP) is 2.37. The van der Waals surface area contributed by atoms with Crippen LogP contribution in [0.25, 0.3) is 0 Å². The molecule has 21 heavy (non-hydrogen) atoms. The van der Waals surface area contributed by atoms with Crippen molar-refractivity contribution in [2.24, 2.45) is 0 Å². The van der Waals surface area contributed by atoms with Crippen LogP contribution in [0.2, 0.25) is 0 Å². The summed E-state index contributed by atoms with van der Waals surface area (Å²) >= 11 is 1.58. The normalized spacial score (nSPS) is 19.2. The summed E-state index contributed by atoms with van der Waals surface area (Å²) in [6.07, 6.45) is 6.73. The number of carbonyl (C=O) groups is 2. The molecule has 1 fully saturated rings. The first-order chi connectivity index (χ1) is 10.1. The van der Waals surface area contributed by atoms with Gasteiger partial charge in [0.15, 0.2) is 0 Å². The Morgan fingerprint density at radius 3 is 2.67 bits per heavy atom. The fraction of sp³-hybridized carbons (Fsp3) is 0.625. The van der Waals surface area contributed by atoms with Crippen LogP contribution >= 0.6 is 11.3 Å². The van der Waals surface area contributed by atoms with Crippen LogP contribution in [0.5, 0.6) is 0 Å². The van der Waals surface area contributed by atoms with E-state index >= 15 is 0 Å². The summed E-state index contributed by atoms with van der Waals surface area (Å²) in [5, 5.41) is 2.86. The van der Waals surface area contributed by atoms with Gasteiger partial charge in [0.25, 0.3) is 5.91 Å².